The molecule has 0 spiro atoms. The molecule has 1 N–H and O–H groups in total. The van der Waals surface area contributed by atoms with Gasteiger partial charge >= 0.3 is 6.03 Å². The zero-order valence-corrected chi connectivity index (χ0v) is 18.0. The first-order valence-corrected chi connectivity index (χ1v) is 10.4. The summed E-state index contributed by atoms with van der Waals surface area (Å²) in [7, 11) is 0. The maximum Gasteiger partial charge on any atom is 0.322 e. The Kier molecular flexibility index (Phi) is 6.06. The average molecular weight is 442 g/mol. The van der Waals surface area contributed by atoms with Gasteiger partial charge in [0.25, 0.3) is 0 Å². The van der Waals surface area contributed by atoms with Crippen LogP contribution in [0.3, 0.4) is 0 Å². The number of aryl methyl sites for hydroxylation is 1. The Morgan fingerprint density at radius 2 is 1.67 bits per heavy atom. The number of nitrogens with one attached hydrogen (secondary N) is 1. The Labute approximate surface area is 185 Å². The molecule has 154 valence electrons. The molecule has 0 aliphatic carbocycles. The van der Waals surface area contributed by atoms with Crippen LogP contribution in [0.4, 0.5) is 16.3 Å². The fourth-order valence-corrected chi connectivity index (χ4v) is 3.63. The second-order valence-corrected chi connectivity index (χ2v) is 8.01. The van der Waals surface area contributed by atoms with Crippen molar-refractivity contribution in [2.75, 3.05) is 36.4 Å². The third kappa shape index (κ3) is 4.66. The Hall–Kier alpha value is -2.83. The van der Waals surface area contributed by atoms with Crippen LogP contribution in [-0.2, 0) is 0 Å². The summed E-state index contributed by atoms with van der Waals surface area (Å²) < 4.78 is 0. The Bertz CT molecular complexity index is 1030. The summed E-state index contributed by atoms with van der Waals surface area (Å²) in [6, 6.07) is 16.8. The van der Waals surface area contributed by atoms with E-state index in [9.17, 15) is 4.79 Å². The zero-order chi connectivity index (χ0) is 21.1. The first-order chi connectivity index (χ1) is 14.5. The number of piperazine rings is 1. The lowest BCUT2D eigenvalue weighted by molar-refractivity contribution is 0.208. The first-order valence-electron chi connectivity index (χ1n) is 9.66. The number of benzene rings is 2. The molecular formula is C22H21Cl2N5O. The van der Waals surface area contributed by atoms with Gasteiger partial charge in [-0.25, -0.2) is 4.79 Å². The number of hydrogen-bond acceptors (Lipinski definition) is 4. The van der Waals surface area contributed by atoms with Crippen LogP contribution in [0, 0.1) is 6.92 Å². The molecular weight excluding hydrogens is 421 g/mol. The molecule has 8 heteroatoms. The van der Waals surface area contributed by atoms with Crippen molar-refractivity contribution in [3.05, 3.63) is 70.2 Å². The SMILES string of the molecule is Cc1ccc(Cl)c(NC(=O)N2CCN(c3ccc(-c4ccc(Cl)cc4)nn3)CC2)c1. The molecule has 1 aliphatic rings. The van der Waals surface area contributed by atoms with Crippen LogP contribution in [0.2, 0.25) is 10.0 Å². The van der Waals surface area contributed by atoms with Crippen LogP contribution in [-0.4, -0.2) is 47.3 Å². The van der Waals surface area contributed by atoms with Crippen LogP contribution < -0.4 is 10.2 Å². The van der Waals surface area contributed by atoms with Gasteiger partial charge in [0.1, 0.15) is 0 Å². The quantitative estimate of drug-likeness (QED) is 0.612. The largest absolute Gasteiger partial charge is 0.352 e. The number of amides is 2. The lowest BCUT2D eigenvalue weighted by Crippen LogP contribution is -2.50. The highest BCUT2D eigenvalue weighted by Crippen LogP contribution is 2.24. The smallest absolute Gasteiger partial charge is 0.322 e. The molecule has 0 saturated carbocycles. The summed E-state index contributed by atoms with van der Waals surface area (Å²) in [5.74, 6) is 0.800. The maximum atomic E-state index is 12.6. The van der Waals surface area contributed by atoms with E-state index in [-0.39, 0.29) is 6.03 Å². The average Bonchev–Trinajstić information content (AvgIpc) is 2.77. The highest BCUT2D eigenvalue weighted by molar-refractivity contribution is 6.33. The Balaban J connectivity index is 1.35. The molecule has 2 aromatic carbocycles. The highest BCUT2D eigenvalue weighted by atomic mass is 35.5. The summed E-state index contributed by atoms with van der Waals surface area (Å²) in [5.41, 5.74) is 3.44. The van der Waals surface area contributed by atoms with E-state index in [2.05, 4.69) is 20.4 Å². The van der Waals surface area contributed by atoms with Crippen LogP contribution >= 0.6 is 23.2 Å². The van der Waals surface area contributed by atoms with Gasteiger partial charge in [-0.3, -0.25) is 0 Å². The van der Waals surface area contributed by atoms with E-state index in [1.165, 1.54) is 0 Å². The van der Waals surface area contributed by atoms with E-state index in [0.717, 1.165) is 22.6 Å². The molecule has 2 amide bonds. The van der Waals surface area contributed by atoms with Gasteiger partial charge in [0.15, 0.2) is 5.82 Å². The molecule has 1 aromatic heterocycles. The topological polar surface area (TPSA) is 61.4 Å². The van der Waals surface area contributed by atoms with Crippen molar-refractivity contribution in [2.24, 2.45) is 0 Å². The van der Waals surface area contributed by atoms with Gasteiger partial charge in [-0.15, -0.1) is 10.2 Å². The van der Waals surface area contributed by atoms with Crippen LogP contribution in [0.1, 0.15) is 5.56 Å². The molecule has 3 aromatic rings. The maximum absolute atomic E-state index is 12.6. The minimum atomic E-state index is -0.147. The number of carbonyl (C=O) groups is 1. The number of carbonyl (C=O) groups excluding carboxylic acids is 1. The third-order valence-electron chi connectivity index (χ3n) is 5.04. The standard InChI is InChI=1S/C22H21Cl2N5O/c1-15-2-7-18(24)20(14-15)25-22(30)29-12-10-28(11-13-29)21-9-8-19(26-27-21)16-3-5-17(23)6-4-16/h2-9,14H,10-13H2,1H3,(H,25,30). The Morgan fingerprint density at radius 3 is 2.33 bits per heavy atom. The number of urea groups is 1. The molecule has 1 aliphatic heterocycles. The monoisotopic (exact) mass is 441 g/mol. The van der Waals surface area contributed by atoms with Crippen LogP contribution in [0.5, 0.6) is 0 Å². The van der Waals surface area contributed by atoms with E-state index >= 15 is 0 Å². The molecule has 0 radical (unpaired) electrons. The van der Waals surface area contributed by atoms with Crippen molar-refractivity contribution in [1.82, 2.24) is 15.1 Å². The van der Waals surface area contributed by atoms with Gasteiger partial charge in [0, 0.05) is 36.8 Å². The fraction of sp³-hybridized carbons (Fsp3) is 0.227. The fourth-order valence-electron chi connectivity index (χ4n) is 3.34. The van der Waals surface area contributed by atoms with E-state index in [1.807, 2.05) is 55.5 Å². The van der Waals surface area contributed by atoms with Crippen molar-refractivity contribution in [1.29, 1.82) is 0 Å². The van der Waals surface area contributed by atoms with Crippen LogP contribution in [0.25, 0.3) is 11.3 Å². The van der Waals surface area contributed by atoms with E-state index in [0.29, 0.717) is 41.9 Å². The lowest BCUT2D eigenvalue weighted by atomic mass is 10.1. The molecule has 1 fully saturated rings. The number of hydrogen-bond donors (Lipinski definition) is 1. The number of halogens is 2. The molecule has 1 saturated heterocycles. The Morgan fingerprint density at radius 1 is 0.933 bits per heavy atom. The van der Waals surface area contributed by atoms with E-state index in [1.54, 1.807) is 11.0 Å². The van der Waals surface area contributed by atoms with Crippen molar-refractivity contribution < 1.29 is 4.79 Å². The highest BCUT2D eigenvalue weighted by Gasteiger charge is 2.22. The van der Waals surface area contributed by atoms with Crippen molar-refractivity contribution in [3.8, 4) is 11.3 Å². The van der Waals surface area contributed by atoms with Gasteiger partial charge in [0.2, 0.25) is 0 Å². The normalized spacial score (nSPS) is 14.0. The van der Waals surface area contributed by atoms with Crippen molar-refractivity contribution >= 4 is 40.7 Å². The third-order valence-corrected chi connectivity index (χ3v) is 5.63. The second kappa shape index (κ2) is 8.90. The number of nitrogens with zero attached hydrogens (tertiary/aromatic N) is 4. The zero-order valence-electron chi connectivity index (χ0n) is 16.5. The summed E-state index contributed by atoms with van der Waals surface area (Å²) >= 11 is 12.1. The van der Waals surface area contributed by atoms with Gasteiger partial charge in [0.05, 0.1) is 16.4 Å². The minimum Gasteiger partial charge on any atom is -0.352 e. The number of aromatic nitrogens is 2. The lowest BCUT2D eigenvalue weighted by Gasteiger charge is -2.35. The molecule has 30 heavy (non-hydrogen) atoms. The van der Waals surface area contributed by atoms with E-state index in [4.69, 9.17) is 23.2 Å². The summed E-state index contributed by atoms with van der Waals surface area (Å²) in [6.45, 7) is 4.52. The van der Waals surface area contributed by atoms with Gasteiger partial charge < -0.3 is 15.1 Å². The predicted molar refractivity (Wildman–Crippen MR) is 121 cm³/mol. The van der Waals surface area contributed by atoms with Gasteiger partial charge in [-0.2, -0.15) is 0 Å². The first kappa shape index (κ1) is 20.4. The molecule has 0 bridgehead atoms. The summed E-state index contributed by atoms with van der Waals surface area (Å²) in [6.07, 6.45) is 0. The predicted octanol–water partition coefficient (Wildman–Crippen LogP) is 5.11. The van der Waals surface area contributed by atoms with Crippen molar-refractivity contribution in [3.63, 3.8) is 0 Å². The summed E-state index contributed by atoms with van der Waals surface area (Å²) in [4.78, 5) is 16.5. The van der Waals surface area contributed by atoms with Gasteiger partial charge in [-0.1, -0.05) is 41.4 Å². The molecule has 0 unspecified atom stereocenters. The number of rotatable bonds is 3. The molecule has 0 atom stereocenters. The van der Waals surface area contributed by atoms with Crippen molar-refractivity contribution in [2.45, 2.75) is 6.92 Å². The molecule has 6 nitrogen and oxygen atoms in total. The molecule has 4 rings (SSSR count). The van der Waals surface area contributed by atoms with Gasteiger partial charge in [-0.05, 0) is 48.9 Å². The van der Waals surface area contributed by atoms with Crippen LogP contribution in [0.15, 0.2) is 54.6 Å². The van der Waals surface area contributed by atoms with E-state index < -0.39 is 0 Å². The molecule has 2 heterocycles. The second-order valence-electron chi connectivity index (χ2n) is 7.17. The summed E-state index contributed by atoms with van der Waals surface area (Å²) in [5, 5.41) is 12.8. The number of anilines is 2. The minimum absolute atomic E-state index is 0.147.